The number of likely N-dealkylation sites (N-methyl/N-ethyl adjacent to an activating group) is 1. The van der Waals surface area contributed by atoms with Gasteiger partial charge in [-0.25, -0.2) is 10.2 Å². The Morgan fingerprint density at radius 1 is 1.32 bits per heavy atom. The van der Waals surface area contributed by atoms with Gasteiger partial charge in [0.15, 0.2) is 0 Å². The van der Waals surface area contributed by atoms with Crippen LogP contribution in [0.2, 0.25) is 0 Å². The predicted molar refractivity (Wildman–Crippen MR) is 81.2 cm³/mol. The van der Waals surface area contributed by atoms with Crippen molar-refractivity contribution in [3.05, 3.63) is 29.8 Å². The number of rotatable bonds is 3. The number of imidazole rings is 1. The number of nitrogens with zero attached hydrogens (tertiary/aromatic N) is 4. The number of nitrogens with one attached hydrogen (secondary N) is 1. The molecule has 7 heteroatoms. The number of aromatic amines is 1. The molecule has 3 N–H and O–H groups in total. The maximum Gasteiger partial charge on any atom is 0.148 e. The molecule has 3 heterocycles. The highest BCUT2D eigenvalue weighted by molar-refractivity contribution is 5.68. The summed E-state index contributed by atoms with van der Waals surface area (Å²) in [5.41, 5.74) is 2.24. The van der Waals surface area contributed by atoms with Crippen LogP contribution in [0.4, 0.5) is 0 Å². The SMILES string of the molecule is Cc1ncc(CN2CC[N+](C)(O)CC2)c(-c2ncc[nH]2)c1O. The van der Waals surface area contributed by atoms with E-state index in [4.69, 9.17) is 0 Å². The fraction of sp³-hybridized carbons (Fsp3) is 0.467. The van der Waals surface area contributed by atoms with Crippen LogP contribution >= 0.6 is 0 Å². The summed E-state index contributed by atoms with van der Waals surface area (Å²) in [5, 5.41) is 20.4. The van der Waals surface area contributed by atoms with Gasteiger partial charge in [0.2, 0.25) is 0 Å². The number of hydrogen-bond donors (Lipinski definition) is 3. The first kappa shape index (κ1) is 15.0. The van der Waals surface area contributed by atoms with E-state index >= 15 is 0 Å². The molecule has 0 bridgehead atoms. The molecule has 0 aromatic carbocycles. The number of aryl methyl sites for hydroxylation is 1. The second kappa shape index (κ2) is 5.68. The number of aromatic nitrogens is 3. The Morgan fingerprint density at radius 2 is 2.05 bits per heavy atom. The topological polar surface area (TPSA) is 85.3 Å². The van der Waals surface area contributed by atoms with Crippen molar-refractivity contribution in [3.8, 4) is 17.1 Å². The largest absolute Gasteiger partial charge is 0.505 e. The third kappa shape index (κ3) is 2.96. The zero-order valence-corrected chi connectivity index (χ0v) is 13.0. The summed E-state index contributed by atoms with van der Waals surface area (Å²) in [6.07, 6.45) is 5.21. The fourth-order valence-electron chi connectivity index (χ4n) is 2.76. The Morgan fingerprint density at radius 3 is 2.68 bits per heavy atom. The predicted octanol–water partition coefficient (Wildman–Crippen LogP) is 1.14. The summed E-state index contributed by atoms with van der Waals surface area (Å²) in [6, 6.07) is 0. The monoisotopic (exact) mass is 304 g/mol. The number of aromatic hydroxyl groups is 1. The van der Waals surface area contributed by atoms with E-state index in [0.717, 1.165) is 18.7 Å². The highest BCUT2D eigenvalue weighted by Gasteiger charge is 2.28. The first-order valence-electron chi connectivity index (χ1n) is 7.43. The van der Waals surface area contributed by atoms with Crippen LogP contribution in [0, 0.1) is 6.92 Å². The maximum absolute atomic E-state index is 10.4. The molecule has 1 fully saturated rings. The zero-order valence-electron chi connectivity index (χ0n) is 13.0. The lowest BCUT2D eigenvalue weighted by Gasteiger charge is -2.36. The van der Waals surface area contributed by atoms with Crippen LogP contribution in [-0.2, 0) is 6.54 Å². The lowest BCUT2D eigenvalue weighted by Crippen LogP contribution is -2.54. The first-order valence-corrected chi connectivity index (χ1v) is 7.43. The molecule has 0 aliphatic carbocycles. The molecule has 0 spiro atoms. The molecule has 7 nitrogen and oxygen atoms in total. The highest BCUT2D eigenvalue weighted by Crippen LogP contribution is 2.32. The number of H-pyrrole nitrogens is 1. The van der Waals surface area contributed by atoms with E-state index in [0.29, 0.717) is 36.7 Å². The maximum atomic E-state index is 10.4. The van der Waals surface area contributed by atoms with Crippen LogP contribution in [0.3, 0.4) is 0 Å². The molecule has 3 rings (SSSR count). The molecule has 2 aromatic rings. The zero-order chi connectivity index (χ0) is 15.7. The third-order valence-electron chi connectivity index (χ3n) is 4.24. The van der Waals surface area contributed by atoms with E-state index < -0.39 is 0 Å². The molecular weight excluding hydrogens is 282 g/mol. The van der Waals surface area contributed by atoms with Crippen molar-refractivity contribution >= 4 is 0 Å². The Balaban J connectivity index is 1.87. The molecule has 1 saturated heterocycles. The smallest absolute Gasteiger partial charge is 0.148 e. The normalized spacial score (nSPS) is 18.5. The van der Waals surface area contributed by atoms with Crippen molar-refractivity contribution in [2.24, 2.45) is 0 Å². The number of hydroxylamine groups is 3. The minimum Gasteiger partial charge on any atom is -0.505 e. The molecule has 0 radical (unpaired) electrons. The van der Waals surface area contributed by atoms with Crippen LogP contribution in [0.1, 0.15) is 11.3 Å². The minimum atomic E-state index is 0.0684. The van der Waals surface area contributed by atoms with E-state index in [1.807, 2.05) is 7.05 Å². The number of hydrogen-bond acceptors (Lipinski definition) is 5. The molecule has 22 heavy (non-hydrogen) atoms. The summed E-state index contributed by atoms with van der Waals surface area (Å²) in [6.45, 7) is 5.46. The van der Waals surface area contributed by atoms with Crippen molar-refractivity contribution in [2.75, 3.05) is 33.2 Å². The van der Waals surface area contributed by atoms with E-state index in [2.05, 4.69) is 19.9 Å². The standard InChI is InChI=1S/C15H21N5O2/c1-11-14(21)13(15-16-3-4-17-15)12(9-18-11)10-19-5-7-20(2,22)8-6-19/h3-4,9,22H,5-8,10H2,1-2H3,(H-,16,17,18,21)/p+1. The first-order chi connectivity index (χ1) is 10.5. The Kier molecular flexibility index (Phi) is 3.86. The van der Waals surface area contributed by atoms with Crippen LogP contribution in [-0.4, -0.2) is 68.0 Å². The van der Waals surface area contributed by atoms with Crippen LogP contribution in [0.15, 0.2) is 18.6 Å². The number of piperazine rings is 1. The van der Waals surface area contributed by atoms with Crippen LogP contribution in [0.5, 0.6) is 5.75 Å². The van der Waals surface area contributed by atoms with E-state index in [-0.39, 0.29) is 10.4 Å². The van der Waals surface area contributed by atoms with Gasteiger partial charge in [0.25, 0.3) is 0 Å². The lowest BCUT2D eigenvalue weighted by atomic mass is 10.1. The van der Waals surface area contributed by atoms with Gasteiger partial charge in [0, 0.05) is 25.1 Å². The molecule has 0 amide bonds. The molecular formula is C15H22N5O2+. The van der Waals surface area contributed by atoms with E-state index in [1.54, 1.807) is 25.5 Å². The molecule has 2 aromatic heterocycles. The summed E-state index contributed by atoms with van der Waals surface area (Å²) < 4.78 is 0.0684. The van der Waals surface area contributed by atoms with Gasteiger partial charge in [-0.3, -0.25) is 9.88 Å². The van der Waals surface area contributed by atoms with E-state index in [9.17, 15) is 10.3 Å². The average molecular weight is 304 g/mol. The quantitative estimate of drug-likeness (QED) is 0.740. The summed E-state index contributed by atoms with van der Waals surface area (Å²) >= 11 is 0. The molecule has 1 aliphatic heterocycles. The molecule has 118 valence electrons. The molecule has 0 saturated carbocycles. The lowest BCUT2D eigenvalue weighted by molar-refractivity contribution is -1.09. The van der Waals surface area contributed by atoms with Crippen molar-refractivity contribution in [3.63, 3.8) is 0 Å². The third-order valence-corrected chi connectivity index (χ3v) is 4.24. The van der Waals surface area contributed by atoms with Crippen LogP contribution < -0.4 is 0 Å². The summed E-state index contributed by atoms with van der Waals surface area (Å²) in [5.74, 6) is 0.824. The average Bonchev–Trinajstić information content (AvgIpc) is 2.99. The van der Waals surface area contributed by atoms with Crippen LogP contribution in [0.25, 0.3) is 11.4 Å². The Hall–Kier alpha value is -1.96. The molecule has 0 atom stereocenters. The van der Waals surface area contributed by atoms with Gasteiger partial charge < -0.3 is 10.1 Å². The van der Waals surface area contributed by atoms with Crippen molar-refractivity contribution in [1.29, 1.82) is 0 Å². The molecule has 1 aliphatic rings. The van der Waals surface area contributed by atoms with E-state index in [1.165, 1.54) is 0 Å². The van der Waals surface area contributed by atoms with Gasteiger partial charge in [-0.15, -0.1) is 0 Å². The second-order valence-electron chi connectivity index (χ2n) is 6.09. The van der Waals surface area contributed by atoms with Gasteiger partial charge >= 0.3 is 0 Å². The fourth-order valence-corrected chi connectivity index (χ4v) is 2.76. The van der Waals surface area contributed by atoms with Gasteiger partial charge in [-0.2, -0.15) is 4.65 Å². The Labute approximate surface area is 129 Å². The summed E-state index contributed by atoms with van der Waals surface area (Å²) in [7, 11) is 1.82. The Bertz CT molecular complexity index is 644. The van der Waals surface area contributed by atoms with Gasteiger partial charge in [-0.1, -0.05) is 0 Å². The van der Waals surface area contributed by atoms with Crippen molar-refractivity contribution in [1.82, 2.24) is 19.9 Å². The number of pyridine rings is 1. The van der Waals surface area contributed by atoms with Gasteiger partial charge in [0.05, 0.1) is 31.4 Å². The van der Waals surface area contributed by atoms with Gasteiger partial charge in [0.1, 0.15) is 24.7 Å². The highest BCUT2D eigenvalue weighted by atomic mass is 16.5. The second-order valence-corrected chi connectivity index (χ2v) is 6.09. The van der Waals surface area contributed by atoms with Crippen molar-refractivity contribution < 1.29 is 15.0 Å². The van der Waals surface area contributed by atoms with Gasteiger partial charge in [-0.05, 0) is 12.5 Å². The number of quaternary nitrogens is 1. The molecule has 0 unspecified atom stereocenters. The van der Waals surface area contributed by atoms with Crippen molar-refractivity contribution in [2.45, 2.75) is 13.5 Å². The summed E-state index contributed by atoms with van der Waals surface area (Å²) in [4.78, 5) is 13.8. The minimum absolute atomic E-state index is 0.0684.